The third kappa shape index (κ3) is 3.37. The summed E-state index contributed by atoms with van der Waals surface area (Å²) in [5.41, 5.74) is 6.68. The first-order valence-electron chi connectivity index (χ1n) is 9.13. The van der Waals surface area contributed by atoms with Crippen LogP contribution in [0.1, 0.15) is 29.8 Å². The van der Waals surface area contributed by atoms with Crippen LogP contribution in [0.15, 0.2) is 43.0 Å². The van der Waals surface area contributed by atoms with Crippen molar-refractivity contribution in [2.75, 3.05) is 5.73 Å². The van der Waals surface area contributed by atoms with Crippen LogP contribution in [0.4, 0.5) is 14.5 Å². The van der Waals surface area contributed by atoms with Crippen LogP contribution < -0.4 is 5.73 Å². The molecule has 148 valence electrons. The van der Waals surface area contributed by atoms with Crippen LogP contribution in [-0.4, -0.2) is 25.5 Å². The number of carbonyl (C=O) groups excluding carboxylic acids is 1. The molecule has 0 aliphatic heterocycles. The summed E-state index contributed by atoms with van der Waals surface area (Å²) >= 11 is 0. The number of anilines is 1. The summed E-state index contributed by atoms with van der Waals surface area (Å²) in [6.07, 6.45) is 6.67. The monoisotopic (exact) mass is 395 g/mol. The molecule has 4 rings (SSSR count). The van der Waals surface area contributed by atoms with Crippen molar-refractivity contribution >= 4 is 22.5 Å². The van der Waals surface area contributed by atoms with Crippen molar-refractivity contribution < 1.29 is 13.6 Å². The number of benzene rings is 1. The largest absolute Gasteiger partial charge is 0.396 e. The van der Waals surface area contributed by atoms with Gasteiger partial charge in [0, 0.05) is 47.2 Å². The topological polar surface area (TPSA) is 89.6 Å². The summed E-state index contributed by atoms with van der Waals surface area (Å²) < 4.78 is 30.3. The van der Waals surface area contributed by atoms with E-state index < -0.39 is 23.0 Å². The SMILES string of the molecule is CC(C)Cn1cc(-c2cnc3[nH]cc(C(=O)c4c(F)ccc(N)c4F)c3c2)cn1. The molecule has 0 spiro atoms. The number of hydrogen-bond acceptors (Lipinski definition) is 4. The zero-order valence-electron chi connectivity index (χ0n) is 15.9. The molecule has 0 bridgehead atoms. The Kier molecular flexibility index (Phi) is 4.62. The summed E-state index contributed by atoms with van der Waals surface area (Å²) in [6.45, 7) is 4.97. The fraction of sp³-hybridized carbons (Fsp3) is 0.190. The number of nitrogens with two attached hydrogens (primary N) is 1. The molecule has 0 aliphatic rings. The van der Waals surface area contributed by atoms with Gasteiger partial charge in [0.05, 0.1) is 17.4 Å². The third-order valence-electron chi connectivity index (χ3n) is 4.64. The predicted molar refractivity (Wildman–Crippen MR) is 106 cm³/mol. The minimum absolute atomic E-state index is 0.118. The molecule has 0 radical (unpaired) electrons. The van der Waals surface area contributed by atoms with Crippen molar-refractivity contribution in [3.8, 4) is 11.1 Å². The highest BCUT2D eigenvalue weighted by atomic mass is 19.1. The highest BCUT2D eigenvalue weighted by Crippen LogP contribution is 2.28. The molecule has 0 saturated carbocycles. The molecular weight excluding hydrogens is 376 g/mol. The van der Waals surface area contributed by atoms with Crippen LogP contribution in [-0.2, 0) is 6.54 Å². The fourth-order valence-corrected chi connectivity index (χ4v) is 3.25. The third-order valence-corrected chi connectivity index (χ3v) is 4.64. The van der Waals surface area contributed by atoms with Gasteiger partial charge in [-0.1, -0.05) is 13.8 Å². The van der Waals surface area contributed by atoms with Gasteiger partial charge >= 0.3 is 0 Å². The van der Waals surface area contributed by atoms with Gasteiger partial charge in [-0.3, -0.25) is 9.48 Å². The molecule has 1 aromatic carbocycles. The lowest BCUT2D eigenvalue weighted by atomic mass is 10.0. The highest BCUT2D eigenvalue weighted by molar-refractivity contribution is 6.16. The van der Waals surface area contributed by atoms with Crippen LogP contribution in [0.2, 0.25) is 0 Å². The van der Waals surface area contributed by atoms with E-state index in [9.17, 15) is 13.6 Å². The summed E-state index contributed by atoms with van der Waals surface area (Å²) in [5, 5.41) is 4.80. The van der Waals surface area contributed by atoms with Gasteiger partial charge < -0.3 is 10.7 Å². The molecule has 0 atom stereocenters. The van der Waals surface area contributed by atoms with Crippen molar-refractivity contribution in [1.29, 1.82) is 0 Å². The Balaban J connectivity index is 1.78. The Labute approximate surface area is 165 Å². The lowest BCUT2D eigenvalue weighted by Crippen LogP contribution is -2.09. The fourth-order valence-electron chi connectivity index (χ4n) is 3.25. The second-order valence-electron chi connectivity index (χ2n) is 7.32. The van der Waals surface area contributed by atoms with Gasteiger partial charge in [0.1, 0.15) is 11.5 Å². The Hall–Kier alpha value is -3.55. The minimum Gasteiger partial charge on any atom is -0.396 e. The molecule has 0 saturated heterocycles. The second-order valence-corrected chi connectivity index (χ2v) is 7.32. The number of carbonyl (C=O) groups is 1. The molecule has 6 nitrogen and oxygen atoms in total. The molecule has 3 N–H and O–H groups in total. The number of rotatable bonds is 5. The summed E-state index contributed by atoms with van der Waals surface area (Å²) in [5.74, 6) is -2.38. The molecule has 0 aliphatic carbocycles. The molecule has 4 aromatic rings. The smallest absolute Gasteiger partial charge is 0.201 e. The van der Waals surface area contributed by atoms with E-state index in [2.05, 4.69) is 28.9 Å². The van der Waals surface area contributed by atoms with E-state index in [1.165, 1.54) is 6.20 Å². The molecule has 0 unspecified atom stereocenters. The van der Waals surface area contributed by atoms with E-state index in [1.807, 2.05) is 10.9 Å². The first-order valence-corrected chi connectivity index (χ1v) is 9.13. The van der Waals surface area contributed by atoms with Crippen LogP contribution in [0, 0.1) is 17.6 Å². The Morgan fingerprint density at radius 2 is 2.03 bits per heavy atom. The lowest BCUT2D eigenvalue weighted by Gasteiger charge is -2.06. The van der Waals surface area contributed by atoms with Gasteiger partial charge in [-0.05, 0) is 24.1 Å². The summed E-state index contributed by atoms with van der Waals surface area (Å²) in [4.78, 5) is 20.1. The average Bonchev–Trinajstić information content (AvgIpc) is 3.30. The summed E-state index contributed by atoms with van der Waals surface area (Å²) in [7, 11) is 0. The number of pyridine rings is 1. The van der Waals surface area contributed by atoms with E-state index >= 15 is 0 Å². The number of nitrogen functional groups attached to an aromatic ring is 1. The number of aromatic amines is 1. The number of fused-ring (bicyclic) bond motifs is 1. The van der Waals surface area contributed by atoms with Gasteiger partial charge in [-0.25, -0.2) is 13.8 Å². The summed E-state index contributed by atoms with van der Waals surface area (Å²) in [6, 6.07) is 3.82. The highest BCUT2D eigenvalue weighted by Gasteiger charge is 2.24. The first-order chi connectivity index (χ1) is 13.8. The number of nitrogens with zero attached hydrogens (tertiary/aromatic N) is 3. The van der Waals surface area contributed by atoms with E-state index in [-0.39, 0.29) is 11.3 Å². The number of H-pyrrole nitrogens is 1. The maximum absolute atomic E-state index is 14.3. The van der Waals surface area contributed by atoms with Crippen LogP contribution >= 0.6 is 0 Å². The van der Waals surface area contributed by atoms with E-state index in [0.29, 0.717) is 17.0 Å². The van der Waals surface area contributed by atoms with Crippen LogP contribution in [0.25, 0.3) is 22.2 Å². The number of nitrogens with one attached hydrogen (secondary N) is 1. The van der Waals surface area contributed by atoms with Crippen LogP contribution in [0.3, 0.4) is 0 Å². The van der Waals surface area contributed by atoms with Crippen molar-refractivity contribution in [1.82, 2.24) is 19.7 Å². The molecule has 3 heterocycles. The van der Waals surface area contributed by atoms with Crippen molar-refractivity contribution in [3.05, 3.63) is 65.7 Å². The van der Waals surface area contributed by atoms with Gasteiger partial charge in [0.25, 0.3) is 0 Å². The van der Waals surface area contributed by atoms with Gasteiger partial charge in [-0.2, -0.15) is 5.10 Å². The van der Waals surface area contributed by atoms with E-state index in [1.54, 1.807) is 18.5 Å². The lowest BCUT2D eigenvalue weighted by molar-refractivity contribution is 0.103. The standard InChI is InChI=1S/C21H19F2N5O/c1-11(2)9-28-10-13(7-27-28)12-5-14-15(8-26-21(14)25-6-12)20(29)18-16(22)3-4-17(24)19(18)23/h3-8,10-11H,9,24H2,1-2H3,(H,25,26). The molecular formula is C21H19F2N5O. The van der Waals surface area contributed by atoms with Crippen LogP contribution in [0.5, 0.6) is 0 Å². The Bertz CT molecular complexity index is 1230. The Morgan fingerprint density at radius 1 is 1.24 bits per heavy atom. The molecule has 0 amide bonds. The van der Waals surface area contributed by atoms with Crippen molar-refractivity contribution in [2.24, 2.45) is 5.92 Å². The maximum Gasteiger partial charge on any atom is 0.201 e. The normalized spacial score (nSPS) is 11.5. The van der Waals surface area contributed by atoms with Crippen molar-refractivity contribution in [3.63, 3.8) is 0 Å². The maximum atomic E-state index is 14.3. The Morgan fingerprint density at radius 3 is 2.79 bits per heavy atom. The average molecular weight is 395 g/mol. The molecule has 29 heavy (non-hydrogen) atoms. The first kappa shape index (κ1) is 18.8. The zero-order chi connectivity index (χ0) is 20.7. The second kappa shape index (κ2) is 7.12. The quantitative estimate of drug-likeness (QED) is 0.392. The zero-order valence-corrected chi connectivity index (χ0v) is 15.9. The van der Waals surface area contributed by atoms with Crippen molar-refractivity contribution in [2.45, 2.75) is 20.4 Å². The minimum atomic E-state index is -1.07. The van der Waals surface area contributed by atoms with Gasteiger partial charge in [0.15, 0.2) is 5.82 Å². The van der Waals surface area contributed by atoms with E-state index in [4.69, 9.17) is 5.73 Å². The van der Waals surface area contributed by atoms with Gasteiger partial charge in [-0.15, -0.1) is 0 Å². The van der Waals surface area contributed by atoms with E-state index in [0.717, 1.165) is 29.8 Å². The number of hydrogen-bond donors (Lipinski definition) is 2. The molecule has 8 heteroatoms. The number of ketones is 1. The molecule has 3 aromatic heterocycles. The van der Waals surface area contributed by atoms with Gasteiger partial charge in [0.2, 0.25) is 5.78 Å². The predicted octanol–water partition coefficient (Wildman–Crippen LogP) is 4.17. The number of halogens is 2. The number of aromatic nitrogens is 4. The molecule has 0 fully saturated rings.